The molecule has 0 aliphatic carbocycles. The molecule has 0 radical (unpaired) electrons. The molecule has 9 heteroatoms. The van der Waals surface area contributed by atoms with Crippen molar-refractivity contribution >= 4 is 11.0 Å². The van der Waals surface area contributed by atoms with Gasteiger partial charge < -0.3 is 29.4 Å². The van der Waals surface area contributed by atoms with Gasteiger partial charge in [0.2, 0.25) is 0 Å². The number of aromatic nitrogens is 2. The molecule has 2 saturated heterocycles. The number of aliphatic hydroxyl groups excluding tert-OH is 1. The van der Waals surface area contributed by atoms with E-state index in [1.54, 1.807) is 38.1 Å². The van der Waals surface area contributed by atoms with Crippen molar-refractivity contribution in [3.05, 3.63) is 71.8 Å². The number of H-pyrrole nitrogens is 1. The summed E-state index contributed by atoms with van der Waals surface area (Å²) >= 11 is 0. The number of hydrogen-bond acceptors (Lipinski definition) is 6. The molecule has 3 aromatic carbocycles. The Morgan fingerprint density at radius 1 is 0.946 bits per heavy atom. The SMILES string of the molecule is CC(C)(O)c1ccc(-c2ccc(-c3c(F)cc4[nH]c(O[C@@H]5COC6[C@H](O)CO[C@@H]65)nc4c3F)cc2)cc1. The van der Waals surface area contributed by atoms with Crippen LogP contribution < -0.4 is 4.74 Å². The molecule has 7 nitrogen and oxygen atoms in total. The third kappa shape index (κ3) is 4.27. The van der Waals surface area contributed by atoms with E-state index < -0.39 is 41.7 Å². The smallest absolute Gasteiger partial charge is 0.295 e. The summed E-state index contributed by atoms with van der Waals surface area (Å²) in [5.41, 5.74) is 1.97. The minimum Gasteiger partial charge on any atom is -0.456 e. The third-order valence-corrected chi connectivity index (χ3v) is 6.99. The number of nitrogens with zero attached hydrogens (tertiary/aromatic N) is 1. The molecule has 1 unspecified atom stereocenters. The summed E-state index contributed by atoms with van der Waals surface area (Å²) in [6.07, 6.45) is -2.18. The van der Waals surface area contributed by atoms with Crippen LogP contribution in [0.25, 0.3) is 33.3 Å². The van der Waals surface area contributed by atoms with E-state index in [1.807, 2.05) is 24.3 Å². The van der Waals surface area contributed by atoms with Crippen LogP contribution in [-0.2, 0) is 15.1 Å². The molecule has 192 valence electrons. The molecule has 2 aliphatic heterocycles. The molecule has 3 N–H and O–H groups in total. The van der Waals surface area contributed by atoms with E-state index >= 15 is 8.78 Å². The van der Waals surface area contributed by atoms with Crippen molar-refractivity contribution in [1.82, 2.24) is 9.97 Å². The van der Waals surface area contributed by atoms with Crippen molar-refractivity contribution in [3.8, 4) is 28.3 Å². The van der Waals surface area contributed by atoms with Gasteiger partial charge in [0.05, 0.1) is 29.9 Å². The number of benzene rings is 3. The summed E-state index contributed by atoms with van der Waals surface area (Å²) in [6.45, 7) is 3.79. The maximum absolute atomic E-state index is 15.5. The summed E-state index contributed by atoms with van der Waals surface area (Å²) in [5.74, 6) is -1.52. The third-order valence-electron chi connectivity index (χ3n) is 6.99. The fourth-order valence-electron chi connectivity index (χ4n) is 4.97. The molecule has 0 bridgehead atoms. The predicted molar refractivity (Wildman–Crippen MR) is 132 cm³/mol. The van der Waals surface area contributed by atoms with Gasteiger partial charge in [-0.2, -0.15) is 4.98 Å². The maximum Gasteiger partial charge on any atom is 0.295 e. The number of aromatic amines is 1. The Morgan fingerprint density at radius 3 is 2.24 bits per heavy atom. The zero-order valence-electron chi connectivity index (χ0n) is 20.2. The molecule has 4 aromatic rings. The van der Waals surface area contributed by atoms with Gasteiger partial charge in [-0.05, 0) is 36.1 Å². The van der Waals surface area contributed by atoms with Gasteiger partial charge >= 0.3 is 0 Å². The minimum absolute atomic E-state index is 0.0227. The highest BCUT2D eigenvalue weighted by Crippen LogP contribution is 2.35. The molecule has 3 heterocycles. The fraction of sp³-hybridized carbons (Fsp3) is 0.321. The molecule has 0 saturated carbocycles. The number of rotatable bonds is 5. The van der Waals surface area contributed by atoms with Gasteiger partial charge in [0.25, 0.3) is 6.01 Å². The lowest BCUT2D eigenvalue weighted by molar-refractivity contribution is 0.00706. The highest BCUT2D eigenvalue weighted by Gasteiger charge is 2.48. The van der Waals surface area contributed by atoms with Crippen LogP contribution in [0.5, 0.6) is 6.01 Å². The van der Waals surface area contributed by atoms with Crippen LogP contribution in [0.15, 0.2) is 54.6 Å². The van der Waals surface area contributed by atoms with Crippen LogP contribution in [0.3, 0.4) is 0 Å². The van der Waals surface area contributed by atoms with Crippen molar-refractivity contribution < 1.29 is 33.2 Å². The number of hydrogen-bond donors (Lipinski definition) is 3. The summed E-state index contributed by atoms with van der Waals surface area (Å²) in [4.78, 5) is 7.03. The lowest BCUT2D eigenvalue weighted by Crippen LogP contribution is -2.34. The highest BCUT2D eigenvalue weighted by molar-refractivity contribution is 5.84. The van der Waals surface area contributed by atoms with Crippen LogP contribution in [0.4, 0.5) is 8.78 Å². The van der Waals surface area contributed by atoms with Crippen molar-refractivity contribution in [1.29, 1.82) is 0 Å². The molecule has 4 atom stereocenters. The number of ether oxygens (including phenoxy) is 3. The number of imidazole rings is 1. The van der Waals surface area contributed by atoms with Crippen molar-refractivity contribution in [2.75, 3.05) is 13.2 Å². The van der Waals surface area contributed by atoms with E-state index in [0.717, 1.165) is 16.7 Å². The minimum atomic E-state index is -0.937. The van der Waals surface area contributed by atoms with E-state index in [1.165, 1.54) is 6.07 Å². The van der Waals surface area contributed by atoms with Crippen LogP contribution in [-0.4, -0.2) is 57.8 Å². The molecule has 0 spiro atoms. The first kappa shape index (κ1) is 24.0. The second-order valence-electron chi connectivity index (χ2n) is 10.0. The average molecular weight is 509 g/mol. The van der Waals surface area contributed by atoms with Gasteiger partial charge in [-0.1, -0.05) is 48.5 Å². The standard InChI is InChI=1S/C28H26F2N2O5/c1-28(2,34)17-9-7-15(8-10-17)14-3-5-16(6-4-14)22-18(29)11-19-24(23(22)30)32-27(31-19)37-21-13-36-25-20(33)12-35-26(21)25/h3-11,20-21,25-26,33-34H,12-13H2,1-2H3,(H,31,32)/t20-,21-,25?,26-/m1/s1. The van der Waals surface area contributed by atoms with Crippen molar-refractivity contribution in [2.45, 2.75) is 43.9 Å². The van der Waals surface area contributed by atoms with Gasteiger partial charge in [0.15, 0.2) is 11.9 Å². The Labute approximate surface area is 211 Å². The lowest BCUT2D eigenvalue weighted by Gasteiger charge is -2.18. The highest BCUT2D eigenvalue weighted by atomic mass is 19.1. The quantitative estimate of drug-likeness (QED) is 0.372. The fourth-order valence-corrected chi connectivity index (χ4v) is 4.97. The number of aliphatic hydroxyl groups is 2. The second kappa shape index (κ2) is 8.88. The van der Waals surface area contributed by atoms with Gasteiger partial charge in [-0.15, -0.1) is 0 Å². The molecule has 0 amide bonds. The van der Waals surface area contributed by atoms with Gasteiger partial charge in [-0.3, -0.25) is 0 Å². The van der Waals surface area contributed by atoms with Crippen LogP contribution >= 0.6 is 0 Å². The average Bonchev–Trinajstić information content (AvgIpc) is 3.56. The summed E-state index contributed by atoms with van der Waals surface area (Å²) < 4.78 is 47.5. The summed E-state index contributed by atoms with van der Waals surface area (Å²) in [6, 6.07) is 15.6. The van der Waals surface area contributed by atoms with E-state index in [9.17, 15) is 10.2 Å². The van der Waals surface area contributed by atoms with E-state index in [2.05, 4.69) is 9.97 Å². The predicted octanol–water partition coefficient (Wildman–Crippen LogP) is 4.31. The van der Waals surface area contributed by atoms with E-state index in [0.29, 0.717) is 5.56 Å². The van der Waals surface area contributed by atoms with Gasteiger partial charge in [0.1, 0.15) is 29.6 Å². The Morgan fingerprint density at radius 2 is 1.57 bits per heavy atom. The van der Waals surface area contributed by atoms with E-state index in [4.69, 9.17) is 14.2 Å². The Kier molecular flexibility index (Phi) is 5.76. The van der Waals surface area contributed by atoms with Gasteiger partial charge in [-0.25, -0.2) is 8.78 Å². The zero-order valence-corrected chi connectivity index (χ0v) is 20.2. The topological polar surface area (TPSA) is 96.8 Å². The van der Waals surface area contributed by atoms with Crippen LogP contribution in [0, 0.1) is 11.6 Å². The van der Waals surface area contributed by atoms with Gasteiger partial charge in [0, 0.05) is 6.07 Å². The second-order valence-corrected chi connectivity index (χ2v) is 10.0. The number of nitrogens with one attached hydrogen (secondary N) is 1. The normalized spacial score (nSPS) is 23.5. The summed E-state index contributed by atoms with van der Waals surface area (Å²) in [7, 11) is 0. The Hall–Kier alpha value is -3.37. The first-order chi connectivity index (χ1) is 17.7. The number of fused-ring (bicyclic) bond motifs is 2. The van der Waals surface area contributed by atoms with Crippen molar-refractivity contribution in [2.24, 2.45) is 0 Å². The first-order valence-electron chi connectivity index (χ1n) is 12.1. The lowest BCUT2D eigenvalue weighted by atomic mass is 9.94. The van der Waals surface area contributed by atoms with Crippen molar-refractivity contribution in [3.63, 3.8) is 0 Å². The first-order valence-corrected chi connectivity index (χ1v) is 12.1. The molecule has 2 aliphatic rings. The maximum atomic E-state index is 15.5. The molecule has 6 rings (SSSR count). The molecular formula is C28H26F2N2O5. The molecule has 1 aromatic heterocycles. The monoisotopic (exact) mass is 508 g/mol. The zero-order chi connectivity index (χ0) is 25.9. The number of halogens is 2. The largest absolute Gasteiger partial charge is 0.456 e. The summed E-state index contributed by atoms with van der Waals surface area (Å²) in [5, 5.41) is 20.0. The molecule has 2 fully saturated rings. The Bertz CT molecular complexity index is 1450. The van der Waals surface area contributed by atoms with Crippen LogP contribution in [0.1, 0.15) is 19.4 Å². The van der Waals surface area contributed by atoms with Crippen LogP contribution in [0.2, 0.25) is 0 Å². The Balaban J connectivity index is 1.26. The molecule has 37 heavy (non-hydrogen) atoms. The molecular weight excluding hydrogens is 482 g/mol. The van der Waals surface area contributed by atoms with E-state index in [-0.39, 0.29) is 35.8 Å².